The van der Waals surface area contributed by atoms with Gasteiger partial charge < -0.3 is 4.89 Å². The Morgan fingerprint density at radius 2 is 2.17 bits per heavy atom. The van der Waals surface area contributed by atoms with Gasteiger partial charge in [0.1, 0.15) is 5.76 Å². The van der Waals surface area contributed by atoms with Crippen LogP contribution in [0.5, 0.6) is 0 Å². The highest BCUT2D eigenvalue weighted by Gasteiger charge is 1.95. The van der Waals surface area contributed by atoms with Crippen LogP contribution in [0.15, 0.2) is 12.3 Å². The minimum atomic E-state index is -0.156. The maximum Gasteiger partial charge on any atom is 0.135 e. The van der Waals surface area contributed by atoms with Gasteiger partial charge in [-0.1, -0.05) is 24.4 Å². The fourth-order valence-electron chi connectivity index (χ4n) is 0.701. The molecule has 0 saturated heterocycles. The first-order valence-corrected chi connectivity index (χ1v) is 8.27. The Balaban J connectivity index is 3.05. The first-order chi connectivity index (χ1) is 5.66. The molecule has 0 heterocycles. The van der Waals surface area contributed by atoms with Gasteiger partial charge in [-0.3, -0.25) is 5.09 Å². The van der Waals surface area contributed by atoms with E-state index in [0.717, 1.165) is 25.8 Å². The first-order valence-electron chi connectivity index (χ1n) is 3.69. The van der Waals surface area contributed by atoms with Crippen LogP contribution in [-0.2, 0) is 4.89 Å². The van der Waals surface area contributed by atoms with Crippen molar-refractivity contribution in [2.75, 3.05) is 6.54 Å². The molecule has 3 nitrogen and oxygen atoms in total. The molecule has 6 heteroatoms. The summed E-state index contributed by atoms with van der Waals surface area (Å²) >= 11 is 0. The van der Waals surface area contributed by atoms with E-state index in [1.165, 1.54) is 0 Å². The highest BCUT2D eigenvalue weighted by Crippen LogP contribution is 2.47. The zero-order valence-electron chi connectivity index (χ0n) is 6.99. The minimum Gasteiger partial charge on any atom is -0.345 e. The molecule has 2 unspecified atom stereocenters. The van der Waals surface area contributed by atoms with Crippen LogP contribution in [-0.4, -0.2) is 11.8 Å². The van der Waals surface area contributed by atoms with Gasteiger partial charge in [0, 0.05) is 6.42 Å². The van der Waals surface area contributed by atoms with Crippen molar-refractivity contribution in [3.63, 3.8) is 0 Å². The Morgan fingerprint density at radius 1 is 1.50 bits per heavy atom. The molecule has 0 amide bonds. The first kappa shape index (κ1) is 12.8. The molecule has 2 N–H and O–H groups in total. The zero-order chi connectivity index (χ0) is 9.40. The van der Waals surface area contributed by atoms with E-state index in [-0.39, 0.29) is 7.45 Å². The molecule has 0 fully saturated rings. The van der Waals surface area contributed by atoms with Crippen LogP contribution in [0.3, 0.4) is 0 Å². The molecule has 0 aromatic rings. The van der Waals surface area contributed by atoms with Crippen LogP contribution >= 0.6 is 25.3 Å². The summed E-state index contributed by atoms with van der Waals surface area (Å²) in [6, 6.07) is 0. The minimum absolute atomic E-state index is 0.156. The maximum absolute atomic E-state index is 8.16. The lowest BCUT2D eigenvalue weighted by molar-refractivity contribution is -0.205. The van der Waals surface area contributed by atoms with Crippen molar-refractivity contribution >= 4 is 25.3 Å². The predicted molar refractivity (Wildman–Crippen MR) is 61.0 cm³/mol. The van der Waals surface area contributed by atoms with Gasteiger partial charge in [0.25, 0.3) is 0 Å². The number of unbranched alkanes of at least 4 members (excludes halogenated alkanes) is 1. The van der Waals surface area contributed by atoms with E-state index in [4.69, 9.17) is 5.26 Å². The molecule has 0 bridgehead atoms. The smallest absolute Gasteiger partial charge is 0.135 e. The normalized spacial score (nSPS) is 10.3. The molecule has 0 aliphatic heterocycles. The Kier molecular flexibility index (Phi) is 8.87. The SMILES string of the molecule is C=C(CCCCNP(P)P)OO. The third-order valence-electron chi connectivity index (χ3n) is 1.31. The molecule has 0 spiro atoms. The van der Waals surface area contributed by atoms with Gasteiger partial charge >= 0.3 is 0 Å². The molecular weight excluding hydrogens is 211 g/mol. The topological polar surface area (TPSA) is 41.5 Å². The van der Waals surface area contributed by atoms with Crippen LogP contribution in [0, 0.1) is 0 Å². The molecule has 72 valence electrons. The molecule has 0 saturated carbocycles. The van der Waals surface area contributed by atoms with Crippen LogP contribution < -0.4 is 5.09 Å². The second-order valence-corrected chi connectivity index (χ2v) is 8.66. The van der Waals surface area contributed by atoms with Crippen molar-refractivity contribution in [3.05, 3.63) is 12.3 Å². The van der Waals surface area contributed by atoms with E-state index in [9.17, 15) is 0 Å². The second-order valence-electron chi connectivity index (χ2n) is 2.40. The zero-order valence-corrected chi connectivity index (χ0v) is 10.2. The van der Waals surface area contributed by atoms with E-state index in [0.29, 0.717) is 5.76 Å². The molecule has 0 aromatic heterocycles. The van der Waals surface area contributed by atoms with Crippen LogP contribution in [0.2, 0.25) is 0 Å². The monoisotopic (exact) mass is 227 g/mol. The number of allylic oxidation sites excluding steroid dienone is 1. The number of nitrogens with one attached hydrogen (secondary N) is 1. The van der Waals surface area contributed by atoms with E-state index in [2.05, 4.69) is 34.4 Å². The molecule has 0 rings (SSSR count). The Labute approximate surface area is 79.3 Å². The van der Waals surface area contributed by atoms with Crippen LogP contribution in [0.1, 0.15) is 19.3 Å². The van der Waals surface area contributed by atoms with E-state index < -0.39 is 0 Å². The van der Waals surface area contributed by atoms with Gasteiger partial charge in [0.2, 0.25) is 0 Å². The van der Waals surface area contributed by atoms with Crippen LogP contribution in [0.25, 0.3) is 0 Å². The molecular formula is C6H16NO2P3. The standard InChI is InChI=1S/C6H16NO2P3/c1-6(9-8)4-2-3-5-7-12(10)11/h7-8H,1-5,10-11H2. The van der Waals surface area contributed by atoms with Crippen molar-refractivity contribution in [1.82, 2.24) is 5.09 Å². The van der Waals surface area contributed by atoms with E-state index in [1.807, 2.05) is 0 Å². The average molecular weight is 227 g/mol. The number of hydrogen-bond donors (Lipinski definition) is 2. The number of rotatable bonds is 7. The number of hydrogen-bond acceptors (Lipinski definition) is 3. The Bertz CT molecular complexity index is 132. The average Bonchev–Trinajstić information content (AvgIpc) is 2.03. The fraction of sp³-hybridized carbons (Fsp3) is 0.667. The molecule has 2 atom stereocenters. The molecule has 0 aromatic carbocycles. The van der Waals surface area contributed by atoms with E-state index in [1.54, 1.807) is 0 Å². The summed E-state index contributed by atoms with van der Waals surface area (Å²) < 4.78 is 0. The van der Waals surface area contributed by atoms with Gasteiger partial charge in [-0.2, -0.15) is 0 Å². The summed E-state index contributed by atoms with van der Waals surface area (Å²) in [5.74, 6) is 0.439. The van der Waals surface area contributed by atoms with Crippen molar-refractivity contribution in [1.29, 1.82) is 0 Å². The summed E-state index contributed by atoms with van der Waals surface area (Å²) in [4.78, 5) is 3.96. The fourth-order valence-corrected chi connectivity index (χ4v) is 1.89. The third-order valence-corrected chi connectivity index (χ3v) is 2.99. The highest BCUT2D eigenvalue weighted by molar-refractivity contribution is 8.42. The second kappa shape index (κ2) is 8.35. The highest BCUT2D eigenvalue weighted by atomic mass is 32.4. The summed E-state index contributed by atoms with van der Waals surface area (Å²) in [7, 11) is 5.26. The summed E-state index contributed by atoms with van der Waals surface area (Å²) in [6.45, 7) is 4.51. The summed E-state index contributed by atoms with van der Waals surface area (Å²) in [6.07, 6.45) is 2.79. The molecule has 12 heavy (non-hydrogen) atoms. The van der Waals surface area contributed by atoms with Crippen molar-refractivity contribution in [2.45, 2.75) is 19.3 Å². The quantitative estimate of drug-likeness (QED) is 0.231. The lowest BCUT2D eigenvalue weighted by Gasteiger charge is -2.07. The van der Waals surface area contributed by atoms with Gasteiger partial charge in [-0.15, -0.1) is 0 Å². The Hall–Kier alpha value is 0.750. The maximum atomic E-state index is 8.16. The van der Waals surface area contributed by atoms with Crippen molar-refractivity contribution in [3.8, 4) is 0 Å². The van der Waals surface area contributed by atoms with Crippen LogP contribution in [0.4, 0.5) is 0 Å². The molecule has 0 aliphatic rings. The lowest BCUT2D eigenvalue weighted by atomic mass is 10.2. The largest absolute Gasteiger partial charge is 0.345 e. The van der Waals surface area contributed by atoms with E-state index >= 15 is 0 Å². The van der Waals surface area contributed by atoms with Gasteiger partial charge in [-0.05, 0) is 26.8 Å². The summed E-state index contributed by atoms with van der Waals surface area (Å²) in [5.41, 5.74) is 0. The van der Waals surface area contributed by atoms with Gasteiger partial charge in [0.05, 0.1) is 0 Å². The predicted octanol–water partition coefficient (Wildman–Crippen LogP) is 2.73. The van der Waals surface area contributed by atoms with Crippen molar-refractivity contribution < 1.29 is 10.1 Å². The summed E-state index contributed by atoms with van der Waals surface area (Å²) in [5, 5.41) is 11.5. The third kappa shape index (κ3) is 8.84. The Morgan fingerprint density at radius 3 is 2.67 bits per heavy atom. The van der Waals surface area contributed by atoms with Gasteiger partial charge in [-0.25, -0.2) is 5.26 Å². The lowest BCUT2D eigenvalue weighted by Crippen LogP contribution is -2.03. The van der Waals surface area contributed by atoms with Gasteiger partial charge in [0.15, 0.2) is 0 Å². The molecule has 0 aliphatic carbocycles. The molecule has 0 radical (unpaired) electrons. The van der Waals surface area contributed by atoms with Crippen molar-refractivity contribution in [2.24, 2.45) is 0 Å².